The number of nitrogens with one attached hydrogen (secondary N) is 2. The van der Waals surface area contributed by atoms with E-state index in [-0.39, 0.29) is 18.1 Å². The highest BCUT2D eigenvalue weighted by molar-refractivity contribution is 6.31. The highest BCUT2D eigenvalue weighted by Gasteiger charge is 2.05. The van der Waals surface area contributed by atoms with Crippen molar-refractivity contribution < 1.29 is 9.72 Å². The Morgan fingerprint density at radius 3 is 2.67 bits per heavy atom. The second kappa shape index (κ2) is 8.07. The first-order valence-corrected chi connectivity index (χ1v) is 7.40. The van der Waals surface area contributed by atoms with Crippen molar-refractivity contribution in [3.8, 4) is 0 Å². The molecule has 7 nitrogen and oxygen atoms in total. The Kier molecular flexibility index (Phi) is 5.86. The summed E-state index contributed by atoms with van der Waals surface area (Å²) in [6.45, 7) is 1.90. The number of nitrogens with zero attached hydrogens (tertiary/aromatic N) is 2. The summed E-state index contributed by atoms with van der Waals surface area (Å²) in [5.41, 5.74) is 4.65. The van der Waals surface area contributed by atoms with Gasteiger partial charge in [-0.15, -0.1) is 0 Å². The molecule has 0 fully saturated rings. The van der Waals surface area contributed by atoms with E-state index in [9.17, 15) is 14.9 Å². The molecule has 0 aliphatic rings. The quantitative estimate of drug-likeness (QED) is 0.477. The second-order valence-corrected chi connectivity index (χ2v) is 5.31. The van der Waals surface area contributed by atoms with Crippen LogP contribution in [0.5, 0.6) is 0 Å². The number of carbonyl (C=O) groups excluding carboxylic acids is 1. The molecule has 24 heavy (non-hydrogen) atoms. The standard InChI is InChI=1S/C16H15ClN4O3/c1-11-14(17)3-2-4-15(11)18-10-16(22)20-19-9-12-5-7-13(8-6-12)21(23)24/h2-9,18H,10H2,1H3,(H,20,22). The zero-order chi connectivity index (χ0) is 17.5. The summed E-state index contributed by atoms with van der Waals surface area (Å²) in [7, 11) is 0. The lowest BCUT2D eigenvalue weighted by Crippen LogP contribution is -2.26. The van der Waals surface area contributed by atoms with Gasteiger partial charge in [0.05, 0.1) is 17.7 Å². The van der Waals surface area contributed by atoms with Gasteiger partial charge in [0.2, 0.25) is 0 Å². The summed E-state index contributed by atoms with van der Waals surface area (Å²) in [5.74, 6) is -0.326. The minimum Gasteiger partial charge on any atom is -0.376 e. The number of hydrogen-bond acceptors (Lipinski definition) is 5. The Balaban J connectivity index is 1.84. The van der Waals surface area contributed by atoms with Gasteiger partial charge in [-0.05, 0) is 42.3 Å². The van der Waals surface area contributed by atoms with E-state index in [1.54, 1.807) is 24.3 Å². The number of hydrogen-bond donors (Lipinski definition) is 2. The lowest BCUT2D eigenvalue weighted by molar-refractivity contribution is -0.384. The monoisotopic (exact) mass is 346 g/mol. The Morgan fingerprint density at radius 2 is 2.00 bits per heavy atom. The molecule has 2 aromatic carbocycles. The average Bonchev–Trinajstić information content (AvgIpc) is 2.56. The molecule has 0 saturated carbocycles. The van der Waals surface area contributed by atoms with Gasteiger partial charge in [-0.1, -0.05) is 17.7 Å². The zero-order valence-corrected chi connectivity index (χ0v) is 13.6. The summed E-state index contributed by atoms with van der Waals surface area (Å²) in [4.78, 5) is 21.8. The van der Waals surface area contributed by atoms with E-state index in [1.807, 2.05) is 13.0 Å². The fourth-order valence-electron chi connectivity index (χ4n) is 1.87. The van der Waals surface area contributed by atoms with Crippen LogP contribution in [0.2, 0.25) is 5.02 Å². The third-order valence-corrected chi connectivity index (χ3v) is 3.62. The summed E-state index contributed by atoms with van der Waals surface area (Å²) in [6, 6.07) is 11.2. The molecule has 0 aliphatic heterocycles. The normalized spacial score (nSPS) is 10.6. The van der Waals surface area contributed by atoms with E-state index in [1.165, 1.54) is 18.3 Å². The number of anilines is 1. The summed E-state index contributed by atoms with van der Waals surface area (Å²) in [5, 5.41) is 18.0. The van der Waals surface area contributed by atoms with E-state index >= 15 is 0 Å². The van der Waals surface area contributed by atoms with Crippen molar-refractivity contribution >= 4 is 35.1 Å². The van der Waals surface area contributed by atoms with Crippen LogP contribution in [0, 0.1) is 17.0 Å². The van der Waals surface area contributed by atoms with Crippen LogP contribution in [0.25, 0.3) is 0 Å². The minimum atomic E-state index is -0.480. The smallest absolute Gasteiger partial charge is 0.269 e. The predicted octanol–water partition coefficient (Wildman–Crippen LogP) is 3.12. The molecule has 2 N–H and O–H groups in total. The summed E-state index contributed by atoms with van der Waals surface area (Å²) in [6.07, 6.45) is 1.41. The molecule has 0 aromatic heterocycles. The largest absolute Gasteiger partial charge is 0.376 e. The Labute approximate surface area is 143 Å². The van der Waals surface area contributed by atoms with Gasteiger partial charge in [-0.2, -0.15) is 5.10 Å². The van der Waals surface area contributed by atoms with E-state index in [0.29, 0.717) is 10.6 Å². The van der Waals surface area contributed by atoms with Crippen LogP contribution in [0.3, 0.4) is 0 Å². The molecule has 2 rings (SSSR count). The third kappa shape index (κ3) is 4.79. The molecule has 0 bridgehead atoms. The van der Waals surface area contributed by atoms with Gasteiger partial charge in [0, 0.05) is 22.8 Å². The van der Waals surface area contributed by atoms with Crippen molar-refractivity contribution in [2.45, 2.75) is 6.92 Å². The van der Waals surface area contributed by atoms with Gasteiger partial charge in [0.15, 0.2) is 0 Å². The molecule has 0 saturated heterocycles. The maximum atomic E-state index is 11.7. The predicted molar refractivity (Wildman–Crippen MR) is 93.5 cm³/mol. The Morgan fingerprint density at radius 1 is 1.29 bits per heavy atom. The van der Waals surface area contributed by atoms with Gasteiger partial charge in [0.25, 0.3) is 11.6 Å². The minimum absolute atomic E-state index is 0.00252. The molecule has 124 valence electrons. The van der Waals surface area contributed by atoms with Gasteiger partial charge in [0.1, 0.15) is 0 Å². The van der Waals surface area contributed by atoms with Crippen molar-refractivity contribution in [2.24, 2.45) is 5.10 Å². The van der Waals surface area contributed by atoms with Gasteiger partial charge in [-0.3, -0.25) is 14.9 Å². The molecular formula is C16H15ClN4O3. The van der Waals surface area contributed by atoms with Crippen LogP contribution < -0.4 is 10.7 Å². The fraction of sp³-hybridized carbons (Fsp3) is 0.125. The number of amides is 1. The fourth-order valence-corrected chi connectivity index (χ4v) is 2.05. The number of rotatable bonds is 6. The molecule has 0 aliphatic carbocycles. The average molecular weight is 347 g/mol. The first kappa shape index (κ1) is 17.4. The van der Waals surface area contributed by atoms with E-state index in [0.717, 1.165) is 11.3 Å². The van der Waals surface area contributed by atoms with Crippen molar-refractivity contribution in [1.82, 2.24) is 5.43 Å². The van der Waals surface area contributed by atoms with E-state index < -0.39 is 4.92 Å². The number of carbonyl (C=O) groups is 1. The molecule has 0 radical (unpaired) electrons. The molecular weight excluding hydrogens is 332 g/mol. The molecule has 0 spiro atoms. The number of non-ortho nitro benzene ring substituents is 1. The van der Waals surface area contributed by atoms with Crippen LogP contribution in [0.15, 0.2) is 47.6 Å². The SMILES string of the molecule is Cc1c(Cl)cccc1NCC(=O)NN=Cc1ccc([N+](=O)[O-])cc1. The Hall–Kier alpha value is -2.93. The van der Waals surface area contributed by atoms with Crippen molar-refractivity contribution in [3.63, 3.8) is 0 Å². The number of nitro groups is 1. The van der Waals surface area contributed by atoms with Crippen LogP contribution in [0.1, 0.15) is 11.1 Å². The first-order valence-electron chi connectivity index (χ1n) is 7.02. The van der Waals surface area contributed by atoms with Crippen LogP contribution in [-0.4, -0.2) is 23.6 Å². The molecule has 0 atom stereocenters. The van der Waals surface area contributed by atoms with Gasteiger partial charge < -0.3 is 5.32 Å². The number of halogens is 1. The Bertz CT molecular complexity index is 775. The third-order valence-electron chi connectivity index (χ3n) is 3.21. The van der Waals surface area contributed by atoms with Crippen LogP contribution >= 0.6 is 11.6 Å². The second-order valence-electron chi connectivity index (χ2n) is 4.91. The molecule has 8 heteroatoms. The van der Waals surface area contributed by atoms with E-state index in [2.05, 4.69) is 15.8 Å². The number of nitro benzene ring substituents is 1. The summed E-state index contributed by atoms with van der Waals surface area (Å²) < 4.78 is 0. The lowest BCUT2D eigenvalue weighted by Gasteiger charge is -2.09. The molecule has 0 heterocycles. The van der Waals surface area contributed by atoms with Crippen molar-refractivity contribution in [3.05, 3.63) is 68.7 Å². The first-order chi connectivity index (χ1) is 11.5. The maximum absolute atomic E-state index is 11.7. The van der Waals surface area contributed by atoms with Crippen LogP contribution in [-0.2, 0) is 4.79 Å². The van der Waals surface area contributed by atoms with Gasteiger partial charge in [-0.25, -0.2) is 5.43 Å². The van der Waals surface area contributed by atoms with Crippen molar-refractivity contribution in [1.29, 1.82) is 0 Å². The van der Waals surface area contributed by atoms with Gasteiger partial charge >= 0.3 is 0 Å². The van der Waals surface area contributed by atoms with E-state index in [4.69, 9.17) is 11.6 Å². The highest BCUT2D eigenvalue weighted by atomic mass is 35.5. The molecule has 0 unspecified atom stereocenters. The lowest BCUT2D eigenvalue weighted by atomic mass is 10.2. The highest BCUT2D eigenvalue weighted by Crippen LogP contribution is 2.22. The number of benzene rings is 2. The zero-order valence-electron chi connectivity index (χ0n) is 12.8. The molecule has 1 amide bonds. The summed E-state index contributed by atoms with van der Waals surface area (Å²) >= 11 is 6.01. The number of hydrazone groups is 1. The maximum Gasteiger partial charge on any atom is 0.269 e. The molecule has 2 aromatic rings. The topological polar surface area (TPSA) is 96.6 Å². The van der Waals surface area contributed by atoms with Crippen molar-refractivity contribution in [2.75, 3.05) is 11.9 Å². The van der Waals surface area contributed by atoms with Crippen LogP contribution in [0.4, 0.5) is 11.4 Å².